The van der Waals surface area contributed by atoms with E-state index in [-0.39, 0.29) is 29.9 Å². The number of hydrogen-bond acceptors (Lipinski definition) is 3. The van der Waals surface area contributed by atoms with Gasteiger partial charge >= 0.3 is 0 Å². The average Bonchev–Trinajstić information content (AvgIpc) is 3.07. The van der Waals surface area contributed by atoms with Crippen LogP contribution in [0.25, 0.3) is 0 Å². The summed E-state index contributed by atoms with van der Waals surface area (Å²) in [6.07, 6.45) is 3.54. The number of nitrogens with zero attached hydrogens (tertiary/aromatic N) is 1. The van der Waals surface area contributed by atoms with Gasteiger partial charge in [0, 0.05) is 6.20 Å². The molecule has 1 fully saturated rings. The van der Waals surface area contributed by atoms with Gasteiger partial charge in [-0.1, -0.05) is 30.3 Å². The van der Waals surface area contributed by atoms with E-state index in [4.69, 9.17) is 0 Å². The molecule has 1 aromatic heterocycles. The molecule has 1 saturated heterocycles. The number of amides is 1. The van der Waals surface area contributed by atoms with Crippen molar-refractivity contribution < 1.29 is 4.79 Å². The van der Waals surface area contributed by atoms with Crippen LogP contribution in [-0.4, -0.2) is 23.1 Å². The first-order valence-electron chi connectivity index (χ1n) is 7.52. The Morgan fingerprint density at radius 2 is 2.00 bits per heavy atom. The molecule has 0 bridgehead atoms. The maximum atomic E-state index is 12.5. The summed E-state index contributed by atoms with van der Waals surface area (Å²) in [5.74, 6) is -0.132. The molecule has 5 nitrogen and oxygen atoms in total. The van der Waals surface area contributed by atoms with Gasteiger partial charge in [-0.05, 0) is 37.1 Å². The molecule has 3 rings (SSSR count). The van der Waals surface area contributed by atoms with Crippen LogP contribution in [-0.2, 0) is 11.3 Å². The molecular formula is C17H20ClN3O2. The fourth-order valence-corrected chi connectivity index (χ4v) is 2.66. The van der Waals surface area contributed by atoms with Gasteiger partial charge in [0.1, 0.15) is 5.69 Å². The van der Waals surface area contributed by atoms with Gasteiger partial charge in [0.05, 0.1) is 12.6 Å². The van der Waals surface area contributed by atoms with E-state index in [0.29, 0.717) is 12.2 Å². The second-order valence-corrected chi connectivity index (χ2v) is 5.48. The molecule has 122 valence electrons. The van der Waals surface area contributed by atoms with E-state index < -0.39 is 0 Å². The molecule has 1 amide bonds. The van der Waals surface area contributed by atoms with E-state index >= 15 is 0 Å². The zero-order valence-electron chi connectivity index (χ0n) is 12.7. The first-order chi connectivity index (χ1) is 10.7. The highest BCUT2D eigenvalue weighted by Gasteiger charge is 2.22. The largest absolute Gasteiger partial charge is 0.320 e. The van der Waals surface area contributed by atoms with E-state index in [2.05, 4.69) is 10.6 Å². The van der Waals surface area contributed by atoms with Crippen LogP contribution in [0.2, 0.25) is 0 Å². The number of benzene rings is 1. The first kappa shape index (κ1) is 17.2. The number of halogens is 1. The predicted molar refractivity (Wildman–Crippen MR) is 93.1 cm³/mol. The second-order valence-electron chi connectivity index (χ2n) is 5.48. The van der Waals surface area contributed by atoms with Gasteiger partial charge in [0.25, 0.3) is 5.56 Å². The summed E-state index contributed by atoms with van der Waals surface area (Å²) in [7, 11) is 0. The van der Waals surface area contributed by atoms with Crippen molar-refractivity contribution in [1.82, 2.24) is 9.88 Å². The fourth-order valence-electron chi connectivity index (χ4n) is 2.66. The minimum Gasteiger partial charge on any atom is -0.320 e. The van der Waals surface area contributed by atoms with Crippen LogP contribution in [0.4, 0.5) is 5.69 Å². The molecule has 1 aliphatic rings. The van der Waals surface area contributed by atoms with Gasteiger partial charge in [-0.25, -0.2) is 0 Å². The van der Waals surface area contributed by atoms with Crippen molar-refractivity contribution in [1.29, 1.82) is 0 Å². The molecule has 1 atom stereocenters. The zero-order valence-corrected chi connectivity index (χ0v) is 13.5. The lowest BCUT2D eigenvalue weighted by Gasteiger charge is -2.12. The molecule has 2 heterocycles. The van der Waals surface area contributed by atoms with E-state index in [1.807, 2.05) is 30.3 Å². The van der Waals surface area contributed by atoms with Gasteiger partial charge in [-0.15, -0.1) is 12.4 Å². The smallest absolute Gasteiger partial charge is 0.274 e. The van der Waals surface area contributed by atoms with E-state index in [9.17, 15) is 9.59 Å². The Kier molecular flexibility index (Phi) is 5.96. The number of nitrogens with one attached hydrogen (secondary N) is 2. The number of anilines is 1. The molecule has 2 aromatic rings. The number of pyridine rings is 1. The number of carbonyl (C=O) groups is 1. The van der Waals surface area contributed by atoms with E-state index in [1.54, 1.807) is 22.9 Å². The Morgan fingerprint density at radius 1 is 1.22 bits per heavy atom. The van der Waals surface area contributed by atoms with Crippen molar-refractivity contribution in [2.45, 2.75) is 25.4 Å². The summed E-state index contributed by atoms with van der Waals surface area (Å²) in [5, 5.41) is 5.87. The molecule has 6 heteroatoms. The monoisotopic (exact) mass is 333 g/mol. The average molecular weight is 334 g/mol. The van der Waals surface area contributed by atoms with Crippen molar-refractivity contribution in [2.75, 3.05) is 11.9 Å². The summed E-state index contributed by atoms with van der Waals surface area (Å²) in [4.78, 5) is 24.6. The Labute approximate surface area is 141 Å². The quantitative estimate of drug-likeness (QED) is 0.899. The molecule has 1 aliphatic heterocycles. The van der Waals surface area contributed by atoms with Crippen LogP contribution in [0.3, 0.4) is 0 Å². The zero-order chi connectivity index (χ0) is 15.4. The lowest BCUT2D eigenvalue weighted by Crippen LogP contribution is -2.37. The molecule has 0 radical (unpaired) electrons. The Hall–Kier alpha value is -2.11. The first-order valence-corrected chi connectivity index (χ1v) is 7.52. The van der Waals surface area contributed by atoms with Crippen molar-refractivity contribution in [3.05, 3.63) is 64.6 Å². The fraction of sp³-hybridized carbons (Fsp3) is 0.294. The molecule has 0 saturated carbocycles. The normalized spacial score (nSPS) is 16.6. The van der Waals surface area contributed by atoms with Crippen molar-refractivity contribution >= 4 is 24.0 Å². The summed E-state index contributed by atoms with van der Waals surface area (Å²) in [5.41, 5.74) is 1.19. The lowest BCUT2D eigenvalue weighted by molar-refractivity contribution is -0.117. The highest BCUT2D eigenvalue weighted by Crippen LogP contribution is 2.08. The Balaban J connectivity index is 0.00000192. The minimum atomic E-state index is -0.192. The number of carbonyl (C=O) groups excluding carboxylic acids is 1. The van der Waals surface area contributed by atoms with Crippen molar-refractivity contribution in [3.63, 3.8) is 0 Å². The number of hydrogen-bond donors (Lipinski definition) is 2. The predicted octanol–water partition coefficient (Wildman–Crippen LogP) is 2.01. The van der Waals surface area contributed by atoms with E-state index in [1.165, 1.54) is 0 Å². The maximum absolute atomic E-state index is 12.5. The van der Waals surface area contributed by atoms with Crippen LogP contribution in [0.15, 0.2) is 53.5 Å². The molecular weight excluding hydrogens is 314 g/mol. The minimum absolute atomic E-state index is 0. The van der Waals surface area contributed by atoms with Crippen LogP contribution in [0.5, 0.6) is 0 Å². The summed E-state index contributed by atoms with van der Waals surface area (Å²) in [6, 6.07) is 13.0. The molecule has 1 aromatic carbocycles. The van der Waals surface area contributed by atoms with Crippen LogP contribution >= 0.6 is 12.4 Å². The maximum Gasteiger partial charge on any atom is 0.274 e. The lowest BCUT2D eigenvalue weighted by atomic mass is 10.2. The van der Waals surface area contributed by atoms with Crippen LogP contribution in [0, 0.1) is 0 Å². The SMILES string of the molecule is Cl.O=C(Nc1cccn(Cc2ccccc2)c1=O)C1CCCN1. The second kappa shape index (κ2) is 7.94. The van der Waals surface area contributed by atoms with Gasteiger partial charge in [0.15, 0.2) is 0 Å². The van der Waals surface area contributed by atoms with Crippen LogP contribution in [0.1, 0.15) is 18.4 Å². The van der Waals surface area contributed by atoms with Gasteiger partial charge in [-0.3, -0.25) is 9.59 Å². The number of aromatic nitrogens is 1. The topological polar surface area (TPSA) is 63.1 Å². The van der Waals surface area contributed by atoms with Gasteiger partial charge in [0.2, 0.25) is 5.91 Å². The van der Waals surface area contributed by atoms with Gasteiger partial charge < -0.3 is 15.2 Å². The van der Waals surface area contributed by atoms with Gasteiger partial charge in [-0.2, -0.15) is 0 Å². The summed E-state index contributed by atoms with van der Waals surface area (Å²) in [6.45, 7) is 1.34. The Bertz CT molecular complexity index is 709. The molecule has 2 N–H and O–H groups in total. The third kappa shape index (κ3) is 4.21. The standard InChI is InChI=1S/C17H19N3O2.ClH/c21-16(14-8-4-10-18-14)19-15-9-5-11-20(17(15)22)12-13-6-2-1-3-7-13;/h1-3,5-7,9,11,14,18H,4,8,10,12H2,(H,19,21);1H. The van der Waals surface area contributed by atoms with Crippen LogP contribution < -0.4 is 16.2 Å². The highest BCUT2D eigenvalue weighted by atomic mass is 35.5. The summed E-state index contributed by atoms with van der Waals surface area (Å²) < 4.78 is 1.60. The van der Waals surface area contributed by atoms with Crippen molar-refractivity contribution in [3.8, 4) is 0 Å². The molecule has 0 spiro atoms. The summed E-state index contributed by atoms with van der Waals surface area (Å²) >= 11 is 0. The molecule has 23 heavy (non-hydrogen) atoms. The highest BCUT2D eigenvalue weighted by molar-refractivity contribution is 5.94. The van der Waals surface area contributed by atoms with E-state index in [0.717, 1.165) is 24.9 Å². The van der Waals surface area contributed by atoms with Crippen molar-refractivity contribution in [2.24, 2.45) is 0 Å². The third-order valence-electron chi connectivity index (χ3n) is 3.85. The number of rotatable bonds is 4. The third-order valence-corrected chi connectivity index (χ3v) is 3.85. The molecule has 1 unspecified atom stereocenters. The molecule has 0 aliphatic carbocycles. The Morgan fingerprint density at radius 3 is 2.70 bits per heavy atom.